The van der Waals surface area contributed by atoms with Crippen molar-refractivity contribution >= 4 is 17.5 Å². The molecule has 9 heteroatoms. The molecule has 2 aromatic carbocycles. The summed E-state index contributed by atoms with van der Waals surface area (Å²) >= 11 is 0. The van der Waals surface area contributed by atoms with Gasteiger partial charge in [-0.15, -0.1) is 0 Å². The lowest BCUT2D eigenvalue weighted by atomic mass is 9.97. The van der Waals surface area contributed by atoms with Gasteiger partial charge in [0.25, 0.3) is 5.91 Å². The monoisotopic (exact) mass is 423 g/mol. The van der Waals surface area contributed by atoms with Crippen molar-refractivity contribution in [2.24, 2.45) is 11.7 Å². The molecule has 1 saturated heterocycles. The number of rotatable bonds is 6. The number of anilines is 1. The number of piperidine rings is 1. The maximum Gasteiger partial charge on any atom is 0.250 e. The van der Waals surface area contributed by atoms with Crippen LogP contribution in [0, 0.1) is 11.7 Å². The lowest BCUT2D eigenvalue weighted by Gasteiger charge is -2.31. The summed E-state index contributed by atoms with van der Waals surface area (Å²) in [6, 6.07) is 12.6. The van der Waals surface area contributed by atoms with Gasteiger partial charge in [0.05, 0.1) is 23.7 Å². The molecule has 1 aromatic heterocycles. The third-order valence-electron chi connectivity index (χ3n) is 5.26. The number of amides is 2. The van der Waals surface area contributed by atoms with Crippen LogP contribution in [0.3, 0.4) is 0 Å². The fraction of sp³-hybridized carbons (Fsp3) is 0.273. The van der Waals surface area contributed by atoms with E-state index < -0.39 is 5.91 Å². The Bertz CT molecular complexity index is 1080. The van der Waals surface area contributed by atoms with Crippen LogP contribution >= 0.6 is 0 Å². The van der Waals surface area contributed by atoms with Crippen molar-refractivity contribution in [3.63, 3.8) is 0 Å². The maximum absolute atomic E-state index is 13.1. The molecule has 0 saturated carbocycles. The number of carbonyl (C=O) groups excluding carboxylic acids is 2. The molecule has 1 aliphatic rings. The third-order valence-corrected chi connectivity index (χ3v) is 5.26. The number of primary amides is 1. The number of nitrogens with zero attached hydrogens (tertiary/aromatic N) is 3. The van der Waals surface area contributed by atoms with Crippen molar-refractivity contribution in [1.29, 1.82) is 0 Å². The molecule has 0 radical (unpaired) electrons. The molecule has 3 aromatic rings. The second-order valence-corrected chi connectivity index (χ2v) is 7.49. The summed E-state index contributed by atoms with van der Waals surface area (Å²) in [7, 11) is 0. The fourth-order valence-corrected chi connectivity index (χ4v) is 3.68. The Labute approximate surface area is 178 Å². The van der Waals surface area contributed by atoms with Crippen molar-refractivity contribution in [1.82, 2.24) is 15.0 Å². The highest BCUT2D eigenvalue weighted by molar-refractivity contribution is 6.03. The predicted octanol–water partition coefficient (Wildman–Crippen LogP) is 2.83. The molecule has 2 heterocycles. The number of aromatic nitrogens is 2. The molecule has 0 spiro atoms. The van der Waals surface area contributed by atoms with Gasteiger partial charge in [-0.3, -0.25) is 14.5 Å². The van der Waals surface area contributed by atoms with Gasteiger partial charge in [0, 0.05) is 12.1 Å². The van der Waals surface area contributed by atoms with Gasteiger partial charge < -0.3 is 15.6 Å². The summed E-state index contributed by atoms with van der Waals surface area (Å²) < 4.78 is 18.4. The fourth-order valence-electron chi connectivity index (χ4n) is 3.68. The number of carbonyl (C=O) groups is 2. The van der Waals surface area contributed by atoms with Gasteiger partial charge in [-0.05, 0) is 55.8 Å². The highest BCUT2D eigenvalue weighted by atomic mass is 19.1. The van der Waals surface area contributed by atoms with Crippen LogP contribution in [-0.2, 0) is 11.3 Å². The van der Waals surface area contributed by atoms with E-state index in [0.717, 1.165) is 19.4 Å². The zero-order chi connectivity index (χ0) is 21.8. The second kappa shape index (κ2) is 9.05. The van der Waals surface area contributed by atoms with Crippen LogP contribution in [0.2, 0.25) is 0 Å². The molecular formula is C22H22FN5O3. The quantitative estimate of drug-likeness (QED) is 0.630. The van der Waals surface area contributed by atoms with E-state index >= 15 is 0 Å². The Morgan fingerprint density at radius 3 is 2.74 bits per heavy atom. The van der Waals surface area contributed by atoms with Crippen molar-refractivity contribution in [2.75, 3.05) is 18.4 Å². The normalized spacial score (nSPS) is 16.7. The summed E-state index contributed by atoms with van der Waals surface area (Å²) in [5, 5.41) is 6.79. The van der Waals surface area contributed by atoms with E-state index in [9.17, 15) is 14.0 Å². The van der Waals surface area contributed by atoms with Crippen LogP contribution in [-0.4, -0.2) is 39.9 Å². The van der Waals surface area contributed by atoms with E-state index in [2.05, 4.69) is 20.4 Å². The maximum atomic E-state index is 13.1. The first-order valence-corrected chi connectivity index (χ1v) is 10.00. The summed E-state index contributed by atoms with van der Waals surface area (Å²) in [6.45, 7) is 1.74. The number of nitrogens with one attached hydrogen (secondary N) is 1. The summed E-state index contributed by atoms with van der Waals surface area (Å²) in [5.41, 5.74) is 6.75. The van der Waals surface area contributed by atoms with E-state index in [1.165, 1.54) is 12.1 Å². The van der Waals surface area contributed by atoms with Gasteiger partial charge >= 0.3 is 0 Å². The Kier molecular flexibility index (Phi) is 6.03. The first-order valence-electron chi connectivity index (χ1n) is 10.00. The van der Waals surface area contributed by atoms with Crippen molar-refractivity contribution in [2.45, 2.75) is 19.4 Å². The standard InChI is InChI=1S/C22H22FN5O3/c23-16-9-7-14(8-10-16)21-26-19(31-27-21)13-28-11-3-4-15(12-28)22(30)25-18-6-2-1-5-17(18)20(24)29/h1-2,5-10,15H,3-4,11-13H2,(H2,24,29)(H,25,30). The second-order valence-electron chi connectivity index (χ2n) is 7.49. The minimum absolute atomic E-state index is 0.157. The lowest BCUT2D eigenvalue weighted by Crippen LogP contribution is -2.40. The first kappa shape index (κ1) is 20.7. The Hall–Kier alpha value is -3.59. The minimum atomic E-state index is -0.588. The zero-order valence-electron chi connectivity index (χ0n) is 16.8. The lowest BCUT2D eigenvalue weighted by molar-refractivity contribution is -0.121. The summed E-state index contributed by atoms with van der Waals surface area (Å²) in [6.07, 6.45) is 1.58. The van der Waals surface area contributed by atoms with Gasteiger partial charge in [-0.2, -0.15) is 4.98 Å². The average molecular weight is 423 g/mol. The number of hydrogen-bond donors (Lipinski definition) is 2. The Morgan fingerprint density at radius 2 is 1.97 bits per heavy atom. The van der Waals surface area contributed by atoms with E-state index in [-0.39, 0.29) is 23.2 Å². The molecule has 2 amide bonds. The van der Waals surface area contributed by atoms with Crippen LogP contribution in [0.5, 0.6) is 0 Å². The highest BCUT2D eigenvalue weighted by Crippen LogP contribution is 2.23. The molecule has 0 bridgehead atoms. The molecule has 0 aliphatic carbocycles. The zero-order valence-corrected chi connectivity index (χ0v) is 16.8. The molecule has 1 unspecified atom stereocenters. The minimum Gasteiger partial charge on any atom is -0.366 e. The molecular weight excluding hydrogens is 401 g/mol. The molecule has 8 nitrogen and oxygen atoms in total. The van der Waals surface area contributed by atoms with E-state index in [1.807, 2.05) is 0 Å². The molecule has 1 aliphatic heterocycles. The molecule has 31 heavy (non-hydrogen) atoms. The number of para-hydroxylation sites is 1. The van der Waals surface area contributed by atoms with E-state index in [4.69, 9.17) is 10.3 Å². The topological polar surface area (TPSA) is 114 Å². The Balaban J connectivity index is 1.38. The van der Waals surface area contributed by atoms with Gasteiger partial charge in [0.15, 0.2) is 0 Å². The SMILES string of the molecule is NC(=O)c1ccccc1NC(=O)C1CCCN(Cc2nc(-c3ccc(F)cc3)no2)C1. The van der Waals surface area contributed by atoms with Crippen LogP contribution in [0.15, 0.2) is 53.1 Å². The Morgan fingerprint density at radius 1 is 1.19 bits per heavy atom. The van der Waals surface area contributed by atoms with Gasteiger partial charge in [0.2, 0.25) is 17.6 Å². The van der Waals surface area contributed by atoms with Crippen molar-refractivity contribution < 1.29 is 18.5 Å². The first-order chi connectivity index (χ1) is 15.0. The number of nitrogens with two attached hydrogens (primary N) is 1. The van der Waals surface area contributed by atoms with Crippen LogP contribution in [0.25, 0.3) is 11.4 Å². The number of benzene rings is 2. The molecule has 160 valence electrons. The molecule has 4 rings (SSSR count). The predicted molar refractivity (Wildman–Crippen MR) is 111 cm³/mol. The molecule has 1 fully saturated rings. The number of hydrogen-bond acceptors (Lipinski definition) is 6. The van der Waals surface area contributed by atoms with Crippen LogP contribution in [0.1, 0.15) is 29.1 Å². The molecule has 1 atom stereocenters. The third kappa shape index (κ3) is 4.95. The van der Waals surface area contributed by atoms with Crippen LogP contribution in [0.4, 0.5) is 10.1 Å². The van der Waals surface area contributed by atoms with Gasteiger partial charge in [-0.1, -0.05) is 17.3 Å². The van der Waals surface area contributed by atoms with Gasteiger partial charge in [0.1, 0.15) is 5.82 Å². The summed E-state index contributed by atoms with van der Waals surface area (Å²) in [4.78, 5) is 30.8. The smallest absolute Gasteiger partial charge is 0.250 e. The average Bonchev–Trinajstić information content (AvgIpc) is 3.23. The highest BCUT2D eigenvalue weighted by Gasteiger charge is 2.27. The van der Waals surface area contributed by atoms with E-state index in [0.29, 0.717) is 36.1 Å². The van der Waals surface area contributed by atoms with Gasteiger partial charge in [-0.25, -0.2) is 4.39 Å². The number of halogens is 1. The van der Waals surface area contributed by atoms with Crippen LogP contribution < -0.4 is 11.1 Å². The van der Waals surface area contributed by atoms with E-state index in [1.54, 1.807) is 36.4 Å². The largest absolute Gasteiger partial charge is 0.366 e. The summed E-state index contributed by atoms with van der Waals surface area (Å²) in [5.74, 6) is -0.494. The molecule has 3 N–H and O–H groups in total. The van der Waals surface area contributed by atoms with Crippen molar-refractivity contribution in [3.8, 4) is 11.4 Å². The number of likely N-dealkylation sites (tertiary alicyclic amines) is 1. The van der Waals surface area contributed by atoms with Crippen molar-refractivity contribution in [3.05, 3.63) is 65.8 Å².